The number of nitrogens with one attached hydrogen (secondary N) is 1. The molecule has 1 N–H and O–H groups in total. The molecule has 29 heavy (non-hydrogen) atoms. The van der Waals surface area contributed by atoms with E-state index in [4.69, 9.17) is 21.1 Å². The molecule has 0 bridgehead atoms. The number of nitrogens with zero attached hydrogens (tertiary/aromatic N) is 1. The Morgan fingerprint density at radius 1 is 1.17 bits per heavy atom. The number of hydrogen-bond acceptors (Lipinski definition) is 5. The fourth-order valence-electron chi connectivity index (χ4n) is 2.99. The standard InChI is InChI=1S/C20H23ClN2O5S/c1-27-19-8-5-16(14-18(19)21)22-20(24)9-4-15-2-6-17(7-3-15)29(25,26)23-10-12-28-13-11-23/h2-3,5-8,14H,4,9-13H2,1H3,(H,22,24). The summed E-state index contributed by atoms with van der Waals surface area (Å²) in [6.07, 6.45) is 0.757. The van der Waals surface area contributed by atoms with Crippen molar-refractivity contribution in [3.05, 3.63) is 53.1 Å². The predicted molar refractivity (Wildman–Crippen MR) is 111 cm³/mol. The van der Waals surface area contributed by atoms with Gasteiger partial charge in [0.25, 0.3) is 0 Å². The maximum atomic E-state index is 12.6. The Hall–Kier alpha value is -2.13. The summed E-state index contributed by atoms with van der Waals surface area (Å²) in [5.74, 6) is 0.382. The molecule has 0 atom stereocenters. The number of anilines is 1. The average Bonchev–Trinajstić information content (AvgIpc) is 2.73. The van der Waals surface area contributed by atoms with Crippen molar-refractivity contribution in [1.29, 1.82) is 0 Å². The van der Waals surface area contributed by atoms with Crippen molar-refractivity contribution in [3.8, 4) is 5.75 Å². The first-order valence-corrected chi connectivity index (χ1v) is 11.0. The second kappa shape index (κ2) is 9.58. The van der Waals surface area contributed by atoms with E-state index >= 15 is 0 Å². The molecule has 1 fully saturated rings. The van der Waals surface area contributed by atoms with Crippen LogP contribution >= 0.6 is 11.6 Å². The lowest BCUT2D eigenvalue weighted by Crippen LogP contribution is -2.40. The molecule has 0 unspecified atom stereocenters. The second-order valence-electron chi connectivity index (χ2n) is 6.56. The van der Waals surface area contributed by atoms with Crippen LogP contribution < -0.4 is 10.1 Å². The van der Waals surface area contributed by atoms with Gasteiger partial charge in [-0.25, -0.2) is 8.42 Å². The molecule has 9 heteroatoms. The number of morpholine rings is 1. The first kappa shape index (κ1) is 21.6. The van der Waals surface area contributed by atoms with Gasteiger partial charge in [-0.15, -0.1) is 0 Å². The van der Waals surface area contributed by atoms with E-state index in [-0.39, 0.29) is 17.2 Å². The van der Waals surface area contributed by atoms with Gasteiger partial charge < -0.3 is 14.8 Å². The number of rotatable bonds is 7. The van der Waals surface area contributed by atoms with Crippen molar-refractivity contribution in [3.63, 3.8) is 0 Å². The highest BCUT2D eigenvalue weighted by atomic mass is 35.5. The molecule has 1 aliphatic heterocycles. The molecule has 1 heterocycles. The van der Waals surface area contributed by atoms with Crippen molar-refractivity contribution < 1.29 is 22.7 Å². The lowest BCUT2D eigenvalue weighted by atomic mass is 10.1. The van der Waals surface area contributed by atoms with E-state index in [9.17, 15) is 13.2 Å². The molecular weight excluding hydrogens is 416 g/mol. The van der Waals surface area contributed by atoms with Crippen LogP contribution in [0.25, 0.3) is 0 Å². The quantitative estimate of drug-likeness (QED) is 0.718. The number of carbonyl (C=O) groups excluding carboxylic acids is 1. The molecule has 2 aromatic carbocycles. The summed E-state index contributed by atoms with van der Waals surface area (Å²) >= 11 is 6.06. The normalized spacial score (nSPS) is 15.1. The van der Waals surface area contributed by atoms with Gasteiger partial charge in [-0.05, 0) is 42.3 Å². The van der Waals surface area contributed by atoms with Crippen LogP contribution in [-0.2, 0) is 26.0 Å². The Morgan fingerprint density at radius 2 is 1.86 bits per heavy atom. The Balaban J connectivity index is 1.56. The zero-order valence-corrected chi connectivity index (χ0v) is 17.6. The number of hydrogen-bond donors (Lipinski definition) is 1. The summed E-state index contributed by atoms with van der Waals surface area (Å²) in [7, 11) is -1.98. The summed E-state index contributed by atoms with van der Waals surface area (Å²) in [5.41, 5.74) is 1.47. The molecule has 1 saturated heterocycles. The van der Waals surface area contributed by atoms with Crippen LogP contribution in [0.15, 0.2) is 47.4 Å². The largest absolute Gasteiger partial charge is 0.495 e. The minimum absolute atomic E-state index is 0.156. The van der Waals surface area contributed by atoms with Gasteiger partial charge in [0.15, 0.2) is 0 Å². The van der Waals surface area contributed by atoms with Crippen LogP contribution in [0.4, 0.5) is 5.69 Å². The van der Waals surface area contributed by atoms with E-state index in [0.717, 1.165) is 5.56 Å². The minimum atomic E-state index is -3.51. The van der Waals surface area contributed by atoms with E-state index in [1.165, 1.54) is 11.4 Å². The molecule has 1 amide bonds. The van der Waals surface area contributed by atoms with Crippen LogP contribution in [-0.4, -0.2) is 52.0 Å². The van der Waals surface area contributed by atoms with Crippen molar-refractivity contribution in [2.45, 2.75) is 17.7 Å². The molecular formula is C20H23ClN2O5S. The summed E-state index contributed by atoms with van der Waals surface area (Å²) in [6, 6.07) is 11.7. The zero-order chi connectivity index (χ0) is 20.9. The fourth-order valence-corrected chi connectivity index (χ4v) is 4.66. The molecule has 0 saturated carbocycles. The van der Waals surface area contributed by atoms with Gasteiger partial charge in [0, 0.05) is 25.2 Å². The molecule has 0 aromatic heterocycles. The van der Waals surface area contributed by atoms with Gasteiger partial charge in [-0.3, -0.25) is 4.79 Å². The summed E-state index contributed by atoms with van der Waals surface area (Å²) in [4.78, 5) is 12.4. The number of sulfonamides is 1. The third kappa shape index (κ3) is 5.48. The molecule has 3 rings (SSSR count). The Kier molecular flexibility index (Phi) is 7.13. The highest BCUT2D eigenvalue weighted by molar-refractivity contribution is 7.89. The van der Waals surface area contributed by atoms with E-state index in [1.54, 1.807) is 42.5 Å². The number of ether oxygens (including phenoxy) is 2. The van der Waals surface area contributed by atoms with Crippen LogP contribution in [0.3, 0.4) is 0 Å². The SMILES string of the molecule is COc1ccc(NC(=O)CCc2ccc(S(=O)(=O)N3CCOCC3)cc2)cc1Cl. The lowest BCUT2D eigenvalue weighted by Gasteiger charge is -2.26. The van der Waals surface area contributed by atoms with E-state index in [2.05, 4.69) is 5.32 Å². The number of carbonyl (C=O) groups is 1. The fraction of sp³-hybridized carbons (Fsp3) is 0.350. The third-order valence-electron chi connectivity index (χ3n) is 4.61. The van der Waals surface area contributed by atoms with Crippen molar-refractivity contribution in [1.82, 2.24) is 4.31 Å². The van der Waals surface area contributed by atoms with Gasteiger partial charge in [0.05, 0.1) is 30.2 Å². The second-order valence-corrected chi connectivity index (χ2v) is 8.90. The number of benzene rings is 2. The van der Waals surface area contributed by atoms with E-state index in [0.29, 0.717) is 49.2 Å². The van der Waals surface area contributed by atoms with Crippen molar-refractivity contribution in [2.24, 2.45) is 0 Å². The number of aryl methyl sites for hydroxylation is 1. The highest BCUT2D eigenvalue weighted by Gasteiger charge is 2.26. The Labute approximate surface area is 175 Å². The van der Waals surface area contributed by atoms with Gasteiger partial charge in [-0.1, -0.05) is 23.7 Å². The maximum Gasteiger partial charge on any atom is 0.243 e. The average molecular weight is 439 g/mol. The molecule has 0 radical (unpaired) electrons. The minimum Gasteiger partial charge on any atom is -0.495 e. The number of amides is 1. The van der Waals surface area contributed by atoms with E-state index < -0.39 is 10.0 Å². The highest BCUT2D eigenvalue weighted by Crippen LogP contribution is 2.27. The van der Waals surface area contributed by atoms with Crippen LogP contribution in [0.2, 0.25) is 5.02 Å². The predicted octanol–water partition coefficient (Wildman–Crippen LogP) is 2.94. The Bertz CT molecular complexity index is 957. The lowest BCUT2D eigenvalue weighted by molar-refractivity contribution is -0.116. The van der Waals surface area contributed by atoms with Gasteiger partial charge in [0.1, 0.15) is 5.75 Å². The van der Waals surface area contributed by atoms with Crippen LogP contribution in [0, 0.1) is 0 Å². The van der Waals surface area contributed by atoms with Gasteiger partial charge in [0.2, 0.25) is 15.9 Å². The summed E-state index contributed by atoms with van der Waals surface area (Å²) < 4.78 is 37.0. The van der Waals surface area contributed by atoms with Crippen LogP contribution in [0.1, 0.15) is 12.0 Å². The molecule has 0 spiro atoms. The first-order chi connectivity index (χ1) is 13.9. The van der Waals surface area contributed by atoms with Crippen LogP contribution in [0.5, 0.6) is 5.75 Å². The van der Waals surface area contributed by atoms with E-state index in [1.807, 2.05) is 0 Å². The summed E-state index contributed by atoms with van der Waals surface area (Å²) in [6.45, 7) is 1.54. The molecule has 7 nitrogen and oxygen atoms in total. The van der Waals surface area contributed by atoms with Crippen molar-refractivity contribution >= 4 is 33.2 Å². The topological polar surface area (TPSA) is 84.9 Å². The third-order valence-corrected chi connectivity index (χ3v) is 6.82. The van der Waals surface area contributed by atoms with Crippen molar-refractivity contribution in [2.75, 3.05) is 38.7 Å². The molecule has 0 aliphatic carbocycles. The number of halogens is 1. The summed E-state index contributed by atoms with van der Waals surface area (Å²) in [5, 5.41) is 3.21. The smallest absolute Gasteiger partial charge is 0.243 e. The Morgan fingerprint density at radius 3 is 2.48 bits per heavy atom. The monoisotopic (exact) mass is 438 g/mol. The number of methoxy groups -OCH3 is 1. The van der Waals surface area contributed by atoms with Gasteiger partial charge in [-0.2, -0.15) is 4.31 Å². The molecule has 2 aromatic rings. The molecule has 1 aliphatic rings. The molecule has 156 valence electrons. The zero-order valence-electron chi connectivity index (χ0n) is 16.1. The maximum absolute atomic E-state index is 12.6. The first-order valence-electron chi connectivity index (χ1n) is 9.20. The van der Waals surface area contributed by atoms with Gasteiger partial charge >= 0.3 is 0 Å².